The van der Waals surface area contributed by atoms with E-state index in [1.807, 2.05) is 0 Å². The van der Waals surface area contributed by atoms with Crippen molar-refractivity contribution in [1.82, 2.24) is 20.5 Å². The predicted octanol–water partition coefficient (Wildman–Crippen LogP) is 5.00. The van der Waals surface area contributed by atoms with Crippen molar-refractivity contribution in [3.8, 4) is 11.6 Å². The summed E-state index contributed by atoms with van der Waals surface area (Å²) >= 11 is 1.20. The van der Waals surface area contributed by atoms with Crippen molar-refractivity contribution >= 4 is 62.2 Å². The highest BCUT2D eigenvalue weighted by Crippen LogP contribution is 2.46. The number of hydrogen-bond acceptors (Lipinski definition) is 8. The van der Waals surface area contributed by atoms with Crippen LogP contribution in [0.4, 0.5) is 21.9 Å². The Morgan fingerprint density at radius 2 is 2.05 bits per heavy atom. The second-order valence-corrected chi connectivity index (χ2v) is 9.80. The van der Waals surface area contributed by atoms with E-state index in [9.17, 15) is 14.4 Å². The number of pyridine rings is 1. The third kappa shape index (κ3) is 4.61. The number of rotatable bonds is 6. The van der Waals surface area contributed by atoms with Crippen molar-refractivity contribution in [1.29, 1.82) is 0 Å². The summed E-state index contributed by atoms with van der Waals surface area (Å²) < 4.78 is 5.70. The molecule has 194 valence electrons. The lowest BCUT2D eigenvalue weighted by Crippen LogP contribution is -2.39. The average molecular weight is 540 g/mol. The Morgan fingerprint density at radius 3 is 2.82 bits per heavy atom. The number of benzene rings is 1. The molecule has 1 saturated carbocycles. The lowest BCUT2D eigenvalue weighted by atomic mass is 10.1. The van der Waals surface area contributed by atoms with Gasteiger partial charge in [-0.1, -0.05) is 6.58 Å². The van der Waals surface area contributed by atoms with Crippen LogP contribution in [0.15, 0.2) is 72.5 Å². The number of carbonyl (C=O) groups excluding carboxylic acids is 3. The maximum absolute atomic E-state index is 13.4. The second-order valence-electron chi connectivity index (χ2n) is 8.80. The fourth-order valence-electron chi connectivity index (χ4n) is 4.65. The van der Waals surface area contributed by atoms with Crippen LogP contribution in [0.25, 0.3) is 10.2 Å². The fourth-order valence-corrected chi connectivity index (χ4v) is 5.68. The summed E-state index contributed by atoms with van der Waals surface area (Å²) in [6, 6.07) is 11.4. The largest absolute Gasteiger partial charge is 0.438 e. The second kappa shape index (κ2) is 10.1. The molecule has 4 heterocycles. The van der Waals surface area contributed by atoms with Crippen LogP contribution in [-0.4, -0.2) is 44.8 Å². The van der Waals surface area contributed by atoms with E-state index in [0.717, 1.165) is 12.5 Å². The third-order valence-corrected chi connectivity index (χ3v) is 7.48. The number of urea groups is 1. The number of carbonyl (C=O) groups is 3. The summed E-state index contributed by atoms with van der Waals surface area (Å²) in [4.78, 5) is 49.4. The van der Waals surface area contributed by atoms with Gasteiger partial charge in [-0.15, -0.1) is 16.4 Å². The van der Waals surface area contributed by atoms with Gasteiger partial charge in [0.2, 0.25) is 5.88 Å². The zero-order valence-corrected chi connectivity index (χ0v) is 21.3. The van der Waals surface area contributed by atoms with Crippen molar-refractivity contribution in [3.63, 3.8) is 0 Å². The molecule has 4 aromatic rings. The summed E-state index contributed by atoms with van der Waals surface area (Å²) in [6.07, 6.45) is 6.43. The molecule has 1 aliphatic carbocycles. The van der Waals surface area contributed by atoms with Gasteiger partial charge in [0.15, 0.2) is 0 Å². The van der Waals surface area contributed by atoms with Gasteiger partial charge in [0.25, 0.3) is 11.8 Å². The summed E-state index contributed by atoms with van der Waals surface area (Å²) in [7, 11) is 0. The molecule has 0 radical (unpaired) electrons. The predicted molar refractivity (Wildman–Crippen MR) is 147 cm³/mol. The minimum Gasteiger partial charge on any atom is -0.438 e. The molecule has 2 N–H and O–H groups in total. The molecule has 3 aromatic heterocycles. The summed E-state index contributed by atoms with van der Waals surface area (Å²) in [6.45, 7) is 3.45. The topological polar surface area (TPSA) is 139 Å². The van der Waals surface area contributed by atoms with Crippen molar-refractivity contribution in [2.45, 2.75) is 25.3 Å². The summed E-state index contributed by atoms with van der Waals surface area (Å²) in [5.74, 6) is 0.103. The molecule has 39 heavy (non-hydrogen) atoms. The Morgan fingerprint density at radius 1 is 1.21 bits per heavy atom. The van der Waals surface area contributed by atoms with E-state index < -0.39 is 11.9 Å². The molecule has 1 aliphatic heterocycles. The third-order valence-electron chi connectivity index (χ3n) is 6.38. The van der Waals surface area contributed by atoms with Gasteiger partial charge < -0.3 is 15.4 Å². The summed E-state index contributed by atoms with van der Waals surface area (Å²) in [5, 5.41) is 14.2. The van der Waals surface area contributed by atoms with Crippen molar-refractivity contribution in [2.75, 3.05) is 10.2 Å². The number of hydrogen-bond donors (Lipinski definition) is 2. The maximum Gasteiger partial charge on any atom is 0.331 e. The van der Waals surface area contributed by atoms with Crippen LogP contribution in [0.3, 0.4) is 0 Å². The Labute approximate surface area is 226 Å². The maximum atomic E-state index is 13.4. The fraction of sp³-hybridized carbons (Fsp3) is 0.148. The molecule has 4 amide bonds. The van der Waals surface area contributed by atoms with E-state index in [4.69, 9.17) is 4.74 Å². The van der Waals surface area contributed by atoms with Crippen LogP contribution >= 0.6 is 11.3 Å². The zero-order valence-electron chi connectivity index (χ0n) is 20.5. The normalized spacial score (nSPS) is 17.2. The van der Waals surface area contributed by atoms with Crippen molar-refractivity contribution < 1.29 is 19.1 Å². The number of aromatic nitrogens is 3. The number of nitrogens with zero attached hydrogens (tertiary/aromatic N) is 5. The van der Waals surface area contributed by atoms with Gasteiger partial charge in [-0.25, -0.2) is 14.8 Å². The lowest BCUT2D eigenvalue weighted by molar-refractivity contribution is -0.113. The molecular weight excluding hydrogens is 518 g/mol. The van der Waals surface area contributed by atoms with Gasteiger partial charge in [0, 0.05) is 24.2 Å². The van der Waals surface area contributed by atoms with Crippen LogP contribution in [0.2, 0.25) is 0 Å². The van der Waals surface area contributed by atoms with E-state index in [2.05, 4.69) is 37.4 Å². The van der Waals surface area contributed by atoms with Gasteiger partial charge in [0.05, 0.1) is 28.5 Å². The monoisotopic (exact) mass is 539 g/mol. The first-order chi connectivity index (χ1) is 19.0. The smallest absolute Gasteiger partial charge is 0.331 e. The first kappa shape index (κ1) is 24.4. The van der Waals surface area contributed by atoms with Crippen LogP contribution in [0.5, 0.6) is 11.6 Å². The van der Waals surface area contributed by atoms with E-state index in [-0.39, 0.29) is 11.9 Å². The molecular formula is C27H21N7O4S. The Kier molecular flexibility index (Phi) is 6.29. The molecule has 0 spiro atoms. The van der Waals surface area contributed by atoms with Gasteiger partial charge in [0.1, 0.15) is 15.5 Å². The highest BCUT2D eigenvalue weighted by Gasteiger charge is 2.34. The number of amides is 4. The SMILES string of the molecule is C=CC(=O)N=C1CCC[C@H]1NC(=O)c1sc2nccc3c2c1NC(=O)N3c1ccc(Oc2cccnn2)cc1. The molecule has 1 atom stereocenters. The summed E-state index contributed by atoms with van der Waals surface area (Å²) in [5.41, 5.74) is 2.26. The number of ether oxygens (including phenoxy) is 1. The number of aliphatic imine (C=N–C) groups is 1. The Bertz CT molecular complexity index is 1650. The van der Waals surface area contributed by atoms with Crippen LogP contribution in [0.1, 0.15) is 28.9 Å². The van der Waals surface area contributed by atoms with Crippen molar-refractivity contribution in [3.05, 3.63) is 72.4 Å². The molecule has 0 unspecified atom stereocenters. The van der Waals surface area contributed by atoms with Crippen LogP contribution < -0.4 is 20.3 Å². The van der Waals surface area contributed by atoms with Crippen LogP contribution in [-0.2, 0) is 4.79 Å². The molecule has 6 rings (SSSR count). The Balaban J connectivity index is 1.29. The Hall–Kier alpha value is -4.97. The molecule has 12 heteroatoms. The molecule has 1 fully saturated rings. The number of anilines is 3. The highest BCUT2D eigenvalue weighted by atomic mass is 32.1. The molecule has 11 nitrogen and oxygen atoms in total. The minimum atomic E-state index is -0.433. The molecule has 2 aliphatic rings. The first-order valence-corrected chi connectivity index (χ1v) is 13.0. The zero-order chi connectivity index (χ0) is 26.9. The van der Waals surface area contributed by atoms with Gasteiger partial charge in [-0.2, -0.15) is 5.10 Å². The van der Waals surface area contributed by atoms with E-state index >= 15 is 0 Å². The van der Waals surface area contributed by atoms with Crippen molar-refractivity contribution in [2.24, 2.45) is 4.99 Å². The average Bonchev–Trinajstić information content (AvgIpc) is 3.54. The van der Waals surface area contributed by atoms with E-state index in [1.165, 1.54) is 16.2 Å². The lowest BCUT2D eigenvalue weighted by Gasteiger charge is -2.28. The quantitative estimate of drug-likeness (QED) is 0.329. The van der Waals surface area contributed by atoms with Gasteiger partial charge in [-0.05, 0) is 61.7 Å². The van der Waals surface area contributed by atoms with E-state index in [0.29, 0.717) is 62.3 Å². The highest BCUT2D eigenvalue weighted by molar-refractivity contribution is 7.21. The molecule has 1 aromatic carbocycles. The standard InChI is InChI=1S/C27H21N7O4S/c1-2-20(35)30-17-5-3-6-18(17)31-25(36)24-23-22-19(12-14-28-26(22)39-24)34(27(37)32-23)15-8-10-16(11-9-15)38-21-7-4-13-29-33-21/h2,4,7-14,18H,1,3,5-6H2,(H,31,36)(H,32,37)/t18-/m1/s1. The van der Waals surface area contributed by atoms with E-state index in [1.54, 1.807) is 54.9 Å². The molecule has 0 bridgehead atoms. The first-order valence-electron chi connectivity index (χ1n) is 12.1. The molecule has 0 saturated heterocycles. The number of thiophene rings is 1. The van der Waals surface area contributed by atoms with Gasteiger partial charge >= 0.3 is 6.03 Å². The number of nitrogens with one attached hydrogen (secondary N) is 2. The van der Waals surface area contributed by atoms with Crippen LogP contribution in [0, 0.1) is 0 Å². The minimum absolute atomic E-state index is 0.340. The van der Waals surface area contributed by atoms with Gasteiger partial charge in [-0.3, -0.25) is 14.5 Å².